The van der Waals surface area contributed by atoms with E-state index in [-0.39, 0.29) is 10.6 Å². The molecule has 6 heteroatoms. The van der Waals surface area contributed by atoms with E-state index in [0.717, 1.165) is 25.5 Å². The normalized spacial score (nSPS) is 18.8. The van der Waals surface area contributed by atoms with Crippen molar-refractivity contribution in [2.24, 2.45) is 0 Å². The lowest BCUT2D eigenvalue weighted by Gasteiger charge is -2.30. The van der Waals surface area contributed by atoms with Crippen LogP contribution in [0.3, 0.4) is 0 Å². The summed E-state index contributed by atoms with van der Waals surface area (Å²) in [6.07, 6.45) is 3.70. The third kappa shape index (κ3) is 3.45. The molecule has 0 bridgehead atoms. The second kappa shape index (κ2) is 6.65. The largest absolute Gasteiger partial charge is 0.355 e. The van der Waals surface area contributed by atoms with Crippen molar-refractivity contribution in [3.05, 3.63) is 27.9 Å². The van der Waals surface area contributed by atoms with E-state index in [1.54, 1.807) is 19.1 Å². The van der Waals surface area contributed by atoms with Crippen LogP contribution in [0.5, 0.6) is 0 Å². The average Bonchev–Trinajstić information content (AvgIpc) is 2.45. The zero-order chi connectivity index (χ0) is 14.5. The molecule has 20 heavy (non-hydrogen) atoms. The van der Waals surface area contributed by atoms with E-state index in [1.165, 1.54) is 19.3 Å². The van der Waals surface area contributed by atoms with Gasteiger partial charge >= 0.3 is 0 Å². The molecule has 0 spiro atoms. The summed E-state index contributed by atoms with van der Waals surface area (Å²) in [6.45, 7) is 6.60. The van der Waals surface area contributed by atoms with Gasteiger partial charge in [-0.25, -0.2) is 4.98 Å². The highest BCUT2D eigenvalue weighted by Crippen LogP contribution is 2.21. The Hall–Kier alpha value is -1.69. The van der Waals surface area contributed by atoms with Gasteiger partial charge < -0.3 is 10.2 Å². The van der Waals surface area contributed by atoms with Crippen LogP contribution in [-0.4, -0.2) is 35.6 Å². The third-order valence-electron chi connectivity index (χ3n) is 3.80. The molecule has 0 saturated carbocycles. The minimum atomic E-state index is -0.384. The zero-order valence-corrected chi connectivity index (χ0v) is 12.1. The van der Waals surface area contributed by atoms with Gasteiger partial charge in [0.05, 0.1) is 4.92 Å². The second-order valence-corrected chi connectivity index (χ2v) is 5.22. The molecule has 1 aromatic rings. The Bertz CT molecular complexity index is 472. The number of nitro groups is 1. The number of rotatable bonds is 5. The lowest BCUT2D eigenvalue weighted by atomic mass is 10.0. The summed E-state index contributed by atoms with van der Waals surface area (Å²) >= 11 is 0. The molecule has 6 nitrogen and oxygen atoms in total. The van der Waals surface area contributed by atoms with Gasteiger partial charge in [-0.3, -0.25) is 10.1 Å². The Kier molecular flexibility index (Phi) is 4.89. The van der Waals surface area contributed by atoms with E-state index in [0.29, 0.717) is 11.7 Å². The first-order valence-electron chi connectivity index (χ1n) is 7.22. The molecular formula is C14H22N4O2. The van der Waals surface area contributed by atoms with Gasteiger partial charge in [0.25, 0.3) is 5.69 Å². The molecule has 0 aliphatic carbocycles. The van der Waals surface area contributed by atoms with Crippen LogP contribution in [0, 0.1) is 17.0 Å². The van der Waals surface area contributed by atoms with Crippen LogP contribution in [0.1, 0.15) is 31.9 Å². The molecule has 1 aliphatic heterocycles. The molecule has 1 aromatic heterocycles. The SMILES string of the molecule is CCN(CC1CCCCN1)c1ccc([N+](=O)[O-])c(C)n1. The molecular weight excluding hydrogens is 256 g/mol. The summed E-state index contributed by atoms with van der Waals surface area (Å²) in [4.78, 5) is 17.0. The van der Waals surface area contributed by atoms with Crippen LogP contribution in [0.2, 0.25) is 0 Å². The van der Waals surface area contributed by atoms with Gasteiger partial charge in [0.1, 0.15) is 11.5 Å². The topological polar surface area (TPSA) is 71.3 Å². The maximum absolute atomic E-state index is 10.8. The van der Waals surface area contributed by atoms with E-state index in [4.69, 9.17) is 0 Å². The van der Waals surface area contributed by atoms with Gasteiger partial charge in [-0.15, -0.1) is 0 Å². The smallest absolute Gasteiger partial charge is 0.290 e. The van der Waals surface area contributed by atoms with E-state index in [2.05, 4.69) is 22.1 Å². The molecule has 2 rings (SSSR count). The van der Waals surface area contributed by atoms with Gasteiger partial charge in [-0.1, -0.05) is 6.42 Å². The number of hydrogen-bond donors (Lipinski definition) is 1. The molecule has 1 fully saturated rings. The van der Waals surface area contributed by atoms with E-state index in [9.17, 15) is 10.1 Å². The Labute approximate surface area is 119 Å². The predicted octanol–water partition coefficient (Wildman–Crippen LogP) is 2.27. The predicted molar refractivity (Wildman–Crippen MR) is 79.2 cm³/mol. The van der Waals surface area contributed by atoms with Crippen LogP contribution < -0.4 is 10.2 Å². The highest BCUT2D eigenvalue weighted by Gasteiger charge is 2.19. The first kappa shape index (κ1) is 14.7. The van der Waals surface area contributed by atoms with Crippen molar-refractivity contribution in [2.75, 3.05) is 24.5 Å². The lowest BCUT2D eigenvalue weighted by molar-refractivity contribution is -0.385. The maximum Gasteiger partial charge on any atom is 0.290 e. The zero-order valence-electron chi connectivity index (χ0n) is 12.1. The molecule has 110 valence electrons. The number of aryl methyl sites for hydroxylation is 1. The van der Waals surface area contributed by atoms with Crippen molar-refractivity contribution in [2.45, 2.75) is 39.2 Å². The standard InChI is InChI=1S/C14H22N4O2/c1-3-17(10-12-6-4-5-9-15-12)14-8-7-13(18(19)20)11(2)16-14/h7-8,12,15H,3-6,9-10H2,1-2H3. The monoisotopic (exact) mass is 278 g/mol. The van der Waals surface area contributed by atoms with Crippen molar-refractivity contribution in [1.82, 2.24) is 10.3 Å². The number of hydrogen-bond acceptors (Lipinski definition) is 5. The fourth-order valence-corrected chi connectivity index (χ4v) is 2.64. The summed E-state index contributed by atoms with van der Waals surface area (Å²) in [5.41, 5.74) is 0.558. The number of pyridine rings is 1. The fraction of sp³-hybridized carbons (Fsp3) is 0.643. The Morgan fingerprint density at radius 2 is 2.30 bits per heavy atom. The van der Waals surface area contributed by atoms with Crippen LogP contribution in [0.4, 0.5) is 11.5 Å². The van der Waals surface area contributed by atoms with Gasteiger partial charge in [0, 0.05) is 25.2 Å². The third-order valence-corrected chi connectivity index (χ3v) is 3.80. The average molecular weight is 278 g/mol. The van der Waals surface area contributed by atoms with Crippen molar-refractivity contribution in [3.63, 3.8) is 0 Å². The minimum absolute atomic E-state index is 0.0839. The van der Waals surface area contributed by atoms with Crippen molar-refractivity contribution in [1.29, 1.82) is 0 Å². The van der Waals surface area contributed by atoms with Gasteiger partial charge in [0.2, 0.25) is 0 Å². The highest BCUT2D eigenvalue weighted by molar-refractivity contribution is 5.46. The molecule has 1 N–H and O–H groups in total. The Morgan fingerprint density at radius 1 is 1.50 bits per heavy atom. The maximum atomic E-state index is 10.8. The van der Waals surface area contributed by atoms with Crippen LogP contribution in [0.25, 0.3) is 0 Å². The number of aromatic nitrogens is 1. The molecule has 0 radical (unpaired) electrons. The number of nitrogens with one attached hydrogen (secondary N) is 1. The fourth-order valence-electron chi connectivity index (χ4n) is 2.64. The van der Waals surface area contributed by atoms with Gasteiger partial charge in [0.15, 0.2) is 0 Å². The quantitative estimate of drug-likeness (QED) is 0.661. The first-order chi connectivity index (χ1) is 9.61. The van der Waals surface area contributed by atoms with Crippen LogP contribution in [-0.2, 0) is 0 Å². The minimum Gasteiger partial charge on any atom is -0.355 e. The summed E-state index contributed by atoms with van der Waals surface area (Å²) in [5.74, 6) is 0.822. The van der Waals surface area contributed by atoms with Crippen molar-refractivity contribution in [3.8, 4) is 0 Å². The summed E-state index contributed by atoms with van der Waals surface area (Å²) in [6, 6.07) is 3.78. The number of piperidine rings is 1. The molecule has 0 aromatic carbocycles. The van der Waals surface area contributed by atoms with Crippen LogP contribution in [0.15, 0.2) is 12.1 Å². The molecule has 1 saturated heterocycles. The highest BCUT2D eigenvalue weighted by atomic mass is 16.6. The number of nitrogens with zero attached hydrogens (tertiary/aromatic N) is 3. The van der Waals surface area contributed by atoms with Crippen molar-refractivity contribution >= 4 is 11.5 Å². The Morgan fingerprint density at radius 3 is 2.85 bits per heavy atom. The number of likely N-dealkylation sites (N-methyl/N-ethyl adjacent to an activating group) is 1. The lowest BCUT2D eigenvalue weighted by Crippen LogP contribution is -2.44. The molecule has 1 unspecified atom stereocenters. The summed E-state index contributed by atoms with van der Waals surface area (Å²) in [5, 5.41) is 14.4. The first-order valence-corrected chi connectivity index (χ1v) is 7.22. The number of anilines is 1. The van der Waals surface area contributed by atoms with E-state index in [1.807, 2.05) is 0 Å². The summed E-state index contributed by atoms with van der Waals surface area (Å²) < 4.78 is 0. The van der Waals surface area contributed by atoms with Crippen LogP contribution >= 0.6 is 0 Å². The second-order valence-electron chi connectivity index (χ2n) is 5.22. The van der Waals surface area contributed by atoms with Gasteiger partial charge in [-0.2, -0.15) is 0 Å². The molecule has 1 atom stereocenters. The van der Waals surface area contributed by atoms with E-state index < -0.39 is 0 Å². The molecule has 1 aliphatic rings. The molecule has 0 amide bonds. The summed E-state index contributed by atoms with van der Waals surface area (Å²) in [7, 11) is 0. The van der Waals surface area contributed by atoms with Crippen molar-refractivity contribution < 1.29 is 4.92 Å². The van der Waals surface area contributed by atoms with Gasteiger partial charge in [-0.05, 0) is 39.3 Å². The Balaban J connectivity index is 2.10. The van der Waals surface area contributed by atoms with E-state index >= 15 is 0 Å². The molecule has 2 heterocycles.